The molecule has 0 spiro atoms. The fourth-order valence-corrected chi connectivity index (χ4v) is 3.65. The first-order valence-corrected chi connectivity index (χ1v) is 8.55. The molecule has 7 heteroatoms. The van der Waals surface area contributed by atoms with Crippen molar-refractivity contribution in [3.63, 3.8) is 0 Å². The molecular formula is C15H19ClN4S2. The number of thioether (sulfide) groups is 1. The van der Waals surface area contributed by atoms with Crippen LogP contribution in [0.25, 0.3) is 0 Å². The van der Waals surface area contributed by atoms with Crippen LogP contribution < -0.4 is 11.1 Å². The van der Waals surface area contributed by atoms with E-state index in [1.54, 1.807) is 11.8 Å². The number of rotatable bonds is 6. The molecule has 118 valence electrons. The van der Waals surface area contributed by atoms with Gasteiger partial charge in [-0.1, -0.05) is 30.3 Å². The number of hydrogen-bond donors (Lipinski definition) is 4. The quantitative estimate of drug-likeness (QED) is 0.364. The first-order valence-electron chi connectivity index (χ1n) is 6.50. The van der Waals surface area contributed by atoms with Crippen LogP contribution in [0.3, 0.4) is 0 Å². The number of thiophene rings is 1. The van der Waals surface area contributed by atoms with Gasteiger partial charge >= 0.3 is 0 Å². The van der Waals surface area contributed by atoms with E-state index in [1.165, 1.54) is 16.9 Å². The Labute approximate surface area is 144 Å². The summed E-state index contributed by atoms with van der Waals surface area (Å²) in [5.74, 6) is 0.442. The standard InChI is InChI=1S/C15H18N4S2.ClH/c1-20-15-11(9-12(21-15)13(16)17)14(18)19-8-7-10-5-3-2-4-6-10;/h2-6,9H,7-8H2,1H3,(H3,16,17)(H2,18,19);1H. The van der Waals surface area contributed by atoms with Crippen molar-refractivity contribution in [2.45, 2.75) is 10.6 Å². The molecule has 4 nitrogen and oxygen atoms in total. The Morgan fingerprint density at radius 1 is 1.27 bits per heavy atom. The Kier molecular flexibility index (Phi) is 7.44. The molecule has 0 saturated heterocycles. The van der Waals surface area contributed by atoms with Gasteiger partial charge in [-0.15, -0.1) is 35.5 Å². The average molecular weight is 355 g/mol. The summed E-state index contributed by atoms with van der Waals surface area (Å²) in [6.07, 6.45) is 2.85. The largest absolute Gasteiger partial charge is 0.383 e. The molecule has 0 fully saturated rings. The molecule has 22 heavy (non-hydrogen) atoms. The molecule has 0 radical (unpaired) electrons. The van der Waals surface area contributed by atoms with Crippen LogP contribution in [-0.2, 0) is 6.42 Å². The van der Waals surface area contributed by atoms with E-state index in [1.807, 2.05) is 30.5 Å². The van der Waals surface area contributed by atoms with Crippen LogP contribution in [0.5, 0.6) is 0 Å². The average Bonchev–Trinajstić information content (AvgIpc) is 2.93. The Hall–Kier alpha value is -1.50. The molecule has 1 aromatic heterocycles. The molecule has 5 N–H and O–H groups in total. The molecule has 0 bridgehead atoms. The van der Waals surface area contributed by atoms with Crippen molar-refractivity contribution in [2.75, 3.05) is 12.8 Å². The Morgan fingerprint density at radius 2 is 1.95 bits per heavy atom. The summed E-state index contributed by atoms with van der Waals surface area (Å²) in [5.41, 5.74) is 7.59. The lowest BCUT2D eigenvalue weighted by Crippen LogP contribution is -2.25. The summed E-state index contributed by atoms with van der Waals surface area (Å²) in [5, 5.41) is 18.8. The lowest BCUT2D eigenvalue weighted by Gasteiger charge is -2.08. The normalized spacial score (nSPS) is 9.86. The van der Waals surface area contributed by atoms with Gasteiger partial charge in [-0.2, -0.15) is 0 Å². The summed E-state index contributed by atoms with van der Waals surface area (Å²) >= 11 is 3.04. The number of nitrogens with one attached hydrogen (secondary N) is 3. The van der Waals surface area contributed by atoms with E-state index in [0.717, 1.165) is 16.2 Å². The summed E-state index contributed by atoms with van der Waals surface area (Å²) in [4.78, 5) is 0.712. The van der Waals surface area contributed by atoms with Gasteiger partial charge in [0.25, 0.3) is 0 Å². The number of benzene rings is 1. The van der Waals surface area contributed by atoms with Crippen LogP contribution in [-0.4, -0.2) is 24.5 Å². The van der Waals surface area contributed by atoms with E-state index in [9.17, 15) is 0 Å². The molecule has 2 aromatic rings. The summed E-state index contributed by atoms with van der Waals surface area (Å²) in [6, 6.07) is 12.0. The number of nitrogen functional groups attached to an aromatic ring is 1. The molecule has 0 saturated carbocycles. The fraction of sp³-hybridized carbons (Fsp3) is 0.200. The SMILES string of the molecule is CSc1sc(C(=N)N)cc1C(=N)NCCc1ccccc1.Cl. The summed E-state index contributed by atoms with van der Waals surface area (Å²) < 4.78 is 1.01. The molecule has 0 aliphatic carbocycles. The van der Waals surface area contributed by atoms with Crippen molar-refractivity contribution in [1.29, 1.82) is 10.8 Å². The Bertz CT molecular complexity index is 640. The highest BCUT2D eigenvalue weighted by atomic mass is 35.5. The van der Waals surface area contributed by atoms with Gasteiger partial charge in [0, 0.05) is 12.1 Å². The second-order valence-corrected chi connectivity index (χ2v) is 6.59. The highest BCUT2D eigenvalue weighted by Crippen LogP contribution is 2.30. The predicted octanol–water partition coefficient (Wildman–Crippen LogP) is 3.33. The highest BCUT2D eigenvalue weighted by Gasteiger charge is 2.13. The van der Waals surface area contributed by atoms with E-state index < -0.39 is 0 Å². The number of amidine groups is 2. The zero-order chi connectivity index (χ0) is 15.2. The van der Waals surface area contributed by atoms with Gasteiger partial charge < -0.3 is 11.1 Å². The second-order valence-electron chi connectivity index (χ2n) is 4.47. The molecule has 0 amide bonds. The molecule has 0 aliphatic heterocycles. The maximum absolute atomic E-state index is 8.16. The van der Waals surface area contributed by atoms with Crippen LogP contribution in [0.4, 0.5) is 0 Å². The van der Waals surface area contributed by atoms with E-state index in [0.29, 0.717) is 17.3 Å². The van der Waals surface area contributed by atoms with Gasteiger partial charge in [-0.25, -0.2) is 0 Å². The monoisotopic (exact) mass is 354 g/mol. The van der Waals surface area contributed by atoms with Crippen molar-refractivity contribution in [1.82, 2.24) is 5.32 Å². The fourth-order valence-electron chi connectivity index (χ4n) is 1.90. The zero-order valence-electron chi connectivity index (χ0n) is 12.2. The summed E-state index contributed by atoms with van der Waals surface area (Å²) in [7, 11) is 0. The lowest BCUT2D eigenvalue weighted by molar-refractivity contribution is 0.861. The van der Waals surface area contributed by atoms with Gasteiger partial charge in [-0.3, -0.25) is 10.8 Å². The zero-order valence-corrected chi connectivity index (χ0v) is 14.6. The highest BCUT2D eigenvalue weighted by molar-refractivity contribution is 8.00. The summed E-state index contributed by atoms with van der Waals surface area (Å²) in [6.45, 7) is 0.710. The third-order valence-corrected chi connectivity index (χ3v) is 5.28. The molecule has 0 aliphatic rings. The van der Waals surface area contributed by atoms with E-state index in [4.69, 9.17) is 16.6 Å². The molecular weight excluding hydrogens is 336 g/mol. The van der Waals surface area contributed by atoms with Gasteiger partial charge in [0.05, 0.1) is 9.09 Å². The minimum absolute atomic E-state index is 0. The van der Waals surface area contributed by atoms with Crippen LogP contribution in [0, 0.1) is 10.8 Å². The number of hydrogen-bond acceptors (Lipinski definition) is 4. The van der Waals surface area contributed by atoms with E-state index >= 15 is 0 Å². The molecule has 1 heterocycles. The van der Waals surface area contributed by atoms with Gasteiger partial charge in [0.15, 0.2) is 0 Å². The predicted molar refractivity (Wildman–Crippen MR) is 99.3 cm³/mol. The van der Waals surface area contributed by atoms with Crippen molar-refractivity contribution < 1.29 is 0 Å². The van der Waals surface area contributed by atoms with Crippen LogP contribution in [0.2, 0.25) is 0 Å². The number of nitrogens with two attached hydrogens (primary N) is 1. The topological polar surface area (TPSA) is 85.8 Å². The Morgan fingerprint density at radius 3 is 2.55 bits per heavy atom. The van der Waals surface area contributed by atoms with Gasteiger partial charge in [-0.05, 0) is 24.3 Å². The van der Waals surface area contributed by atoms with Crippen molar-refractivity contribution >= 4 is 47.2 Å². The number of halogens is 1. The lowest BCUT2D eigenvalue weighted by atomic mass is 10.1. The maximum Gasteiger partial charge on any atom is 0.133 e. The van der Waals surface area contributed by atoms with Crippen molar-refractivity contribution in [3.8, 4) is 0 Å². The first-order chi connectivity index (χ1) is 10.1. The van der Waals surface area contributed by atoms with Gasteiger partial charge in [0.1, 0.15) is 11.7 Å². The van der Waals surface area contributed by atoms with Crippen LogP contribution >= 0.6 is 35.5 Å². The van der Waals surface area contributed by atoms with E-state index in [-0.39, 0.29) is 18.2 Å². The third kappa shape index (κ3) is 4.76. The molecule has 0 atom stereocenters. The Balaban J connectivity index is 0.00000242. The van der Waals surface area contributed by atoms with E-state index in [2.05, 4.69) is 17.4 Å². The second kappa shape index (κ2) is 8.82. The van der Waals surface area contributed by atoms with Crippen LogP contribution in [0.15, 0.2) is 40.6 Å². The maximum atomic E-state index is 8.16. The molecule has 2 rings (SSSR count). The minimum Gasteiger partial charge on any atom is -0.383 e. The van der Waals surface area contributed by atoms with Crippen LogP contribution in [0.1, 0.15) is 16.0 Å². The molecule has 1 aromatic carbocycles. The van der Waals surface area contributed by atoms with Gasteiger partial charge in [0.2, 0.25) is 0 Å². The van der Waals surface area contributed by atoms with Crippen molar-refractivity contribution in [2.24, 2.45) is 5.73 Å². The molecule has 0 unspecified atom stereocenters. The smallest absolute Gasteiger partial charge is 0.133 e. The minimum atomic E-state index is 0. The third-order valence-electron chi connectivity index (χ3n) is 2.98. The van der Waals surface area contributed by atoms with Crippen molar-refractivity contribution in [3.05, 3.63) is 52.4 Å². The first kappa shape index (κ1) is 18.5.